The topological polar surface area (TPSA) is 0 Å². The Morgan fingerprint density at radius 3 is 2.64 bits per heavy atom. The third kappa shape index (κ3) is 6.47. The van der Waals surface area contributed by atoms with Crippen molar-refractivity contribution in [2.24, 2.45) is 0 Å². The molecule has 0 aromatic carbocycles. The fourth-order valence-electron chi connectivity index (χ4n) is 1.36. The molecule has 1 aliphatic rings. The smallest absolute Gasteiger partial charge is 0.00948 e. The summed E-state index contributed by atoms with van der Waals surface area (Å²) in [5.41, 5.74) is 0. The average molecular weight is 187 g/mol. The standard InChI is InChI=1S/C14H19/c1-2-4-6-8-10-12-14-13-11-9-7-5-3-1/h1-4,7,9-10H,5-6,11-14H2. The molecule has 0 aromatic heterocycles. The minimum atomic E-state index is 0.945. The highest BCUT2D eigenvalue weighted by Crippen LogP contribution is 2.03. The quantitative estimate of drug-likeness (QED) is 0.494. The molecular weight excluding hydrogens is 168 g/mol. The first kappa shape index (κ1) is 11.0. The van der Waals surface area contributed by atoms with Crippen molar-refractivity contribution in [3.63, 3.8) is 0 Å². The van der Waals surface area contributed by atoms with Crippen LogP contribution in [-0.4, -0.2) is 0 Å². The minimum Gasteiger partial charge on any atom is -0.0882 e. The first-order valence-corrected chi connectivity index (χ1v) is 5.52. The van der Waals surface area contributed by atoms with E-state index in [0.29, 0.717) is 0 Å². The van der Waals surface area contributed by atoms with Gasteiger partial charge in [0, 0.05) is 0 Å². The van der Waals surface area contributed by atoms with Crippen LogP contribution in [0, 0.1) is 6.08 Å². The van der Waals surface area contributed by atoms with Crippen molar-refractivity contribution in [2.75, 3.05) is 0 Å². The Balaban J connectivity index is 2.35. The Morgan fingerprint density at radius 1 is 0.786 bits per heavy atom. The van der Waals surface area contributed by atoms with Crippen LogP contribution >= 0.6 is 0 Å². The first-order chi connectivity index (χ1) is 7.00. The van der Waals surface area contributed by atoms with Crippen LogP contribution in [0.15, 0.2) is 42.5 Å². The molecule has 0 N–H and O–H groups in total. The van der Waals surface area contributed by atoms with E-state index in [4.69, 9.17) is 0 Å². The zero-order valence-electron chi connectivity index (χ0n) is 8.78. The Hall–Kier alpha value is -1.04. The Kier molecular flexibility index (Phi) is 6.74. The monoisotopic (exact) mass is 187 g/mol. The summed E-state index contributed by atoms with van der Waals surface area (Å²) in [5, 5.41) is 0. The zero-order valence-corrected chi connectivity index (χ0v) is 8.78. The van der Waals surface area contributed by atoms with Crippen molar-refractivity contribution < 1.29 is 0 Å². The molecular formula is C14H19. The molecule has 1 aliphatic carbocycles. The van der Waals surface area contributed by atoms with E-state index in [1.165, 1.54) is 25.7 Å². The second-order valence-corrected chi connectivity index (χ2v) is 3.46. The number of rotatable bonds is 0. The molecule has 0 heterocycles. The maximum atomic E-state index is 3.28. The van der Waals surface area contributed by atoms with Gasteiger partial charge in [0.05, 0.1) is 0 Å². The van der Waals surface area contributed by atoms with Crippen molar-refractivity contribution in [1.29, 1.82) is 0 Å². The highest BCUT2D eigenvalue weighted by molar-refractivity contribution is 5.05. The molecule has 0 nitrogen and oxygen atoms in total. The van der Waals surface area contributed by atoms with Gasteiger partial charge < -0.3 is 0 Å². The SMILES string of the molecule is [C]1=CCCCCC=CCC=CC=CC1. The van der Waals surface area contributed by atoms with E-state index in [-0.39, 0.29) is 0 Å². The summed E-state index contributed by atoms with van der Waals surface area (Å²) >= 11 is 0. The Labute approximate surface area is 87.7 Å². The van der Waals surface area contributed by atoms with Crippen molar-refractivity contribution in [1.82, 2.24) is 0 Å². The van der Waals surface area contributed by atoms with Crippen LogP contribution in [0.3, 0.4) is 0 Å². The van der Waals surface area contributed by atoms with E-state index in [1.54, 1.807) is 0 Å². The van der Waals surface area contributed by atoms with Crippen LogP contribution in [0.4, 0.5) is 0 Å². The van der Waals surface area contributed by atoms with E-state index < -0.39 is 0 Å². The normalized spacial score (nSPS) is 19.4. The van der Waals surface area contributed by atoms with Crippen molar-refractivity contribution in [3.8, 4) is 0 Å². The number of hydrogen-bond donors (Lipinski definition) is 0. The summed E-state index contributed by atoms with van der Waals surface area (Å²) in [6, 6.07) is 0. The van der Waals surface area contributed by atoms with Crippen LogP contribution in [0.5, 0.6) is 0 Å². The van der Waals surface area contributed by atoms with Crippen molar-refractivity contribution in [3.05, 3.63) is 48.6 Å². The molecule has 0 bridgehead atoms. The molecule has 14 heavy (non-hydrogen) atoms. The van der Waals surface area contributed by atoms with Gasteiger partial charge in [0.1, 0.15) is 0 Å². The Morgan fingerprint density at radius 2 is 1.64 bits per heavy atom. The van der Waals surface area contributed by atoms with Gasteiger partial charge in [-0.3, -0.25) is 0 Å². The molecule has 75 valence electrons. The van der Waals surface area contributed by atoms with Gasteiger partial charge >= 0.3 is 0 Å². The molecule has 1 radical (unpaired) electrons. The van der Waals surface area contributed by atoms with Crippen LogP contribution in [-0.2, 0) is 0 Å². The Bertz CT molecular complexity index is 202. The molecule has 0 heteroatoms. The lowest BCUT2D eigenvalue weighted by Gasteiger charge is -1.93. The highest BCUT2D eigenvalue weighted by Gasteiger charge is 1.83. The lowest BCUT2D eigenvalue weighted by Crippen LogP contribution is -1.73. The molecule has 0 aliphatic heterocycles. The predicted octanol–water partition coefficient (Wildman–Crippen LogP) is 4.37. The zero-order chi connectivity index (χ0) is 9.90. The van der Waals surface area contributed by atoms with Crippen LogP contribution < -0.4 is 0 Å². The second kappa shape index (κ2) is 8.55. The van der Waals surface area contributed by atoms with Gasteiger partial charge in [0.2, 0.25) is 0 Å². The fraction of sp³-hybridized carbons (Fsp3) is 0.429. The van der Waals surface area contributed by atoms with Gasteiger partial charge in [0.25, 0.3) is 0 Å². The first-order valence-electron chi connectivity index (χ1n) is 5.52. The fourth-order valence-corrected chi connectivity index (χ4v) is 1.36. The molecule has 0 unspecified atom stereocenters. The molecule has 0 spiro atoms. The molecule has 0 atom stereocenters. The largest absolute Gasteiger partial charge is 0.0882 e. The predicted molar refractivity (Wildman–Crippen MR) is 62.9 cm³/mol. The minimum absolute atomic E-state index is 0.945. The van der Waals surface area contributed by atoms with Crippen molar-refractivity contribution >= 4 is 0 Å². The maximum Gasteiger partial charge on any atom is -0.00948 e. The van der Waals surface area contributed by atoms with Gasteiger partial charge in [0.15, 0.2) is 0 Å². The van der Waals surface area contributed by atoms with Gasteiger partial charge in [-0.15, -0.1) is 0 Å². The van der Waals surface area contributed by atoms with Crippen LogP contribution in [0.1, 0.15) is 38.5 Å². The van der Waals surface area contributed by atoms with Gasteiger partial charge in [-0.05, 0) is 44.6 Å². The number of allylic oxidation sites excluding steroid dienone is 8. The lowest BCUT2D eigenvalue weighted by atomic mass is 10.1. The summed E-state index contributed by atoms with van der Waals surface area (Å²) < 4.78 is 0. The molecule has 1 rings (SSSR count). The van der Waals surface area contributed by atoms with E-state index in [1.807, 2.05) is 0 Å². The third-order valence-electron chi connectivity index (χ3n) is 2.17. The summed E-state index contributed by atoms with van der Waals surface area (Å²) in [6.45, 7) is 0. The van der Waals surface area contributed by atoms with Gasteiger partial charge in [-0.2, -0.15) is 0 Å². The number of hydrogen-bond acceptors (Lipinski definition) is 0. The van der Waals surface area contributed by atoms with Crippen LogP contribution in [0.2, 0.25) is 0 Å². The van der Waals surface area contributed by atoms with Gasteiger partial charge in [-0.1, -0.05) is 42.5 Å². The molecule has 0 amide bonds. The summed E-state index contributed by atoms with van der Waals surface area (Å²) in [4.78, 5) is 0. The lowest BCUT2D eigenvalue weighted by molar-refractivity contribution is 0.759. The molecule has 0 saturated heterocycles. The van der Waals surface area contributed by atoms with E-state index in [0.717, 1.165) is 12.8 Å². The summed E-state index contributed by atoms with van der Waals surface area (Å²) in [7, 11) is 0. The van der Waals surface area contributed by atoms with Gasteiger partial charge in [-0.25, -0.2) is 0 Å². The molecule has 0 aromatic rings. The van der Waals surface area contributed by atoms with Crippen molar-refractivity contribution in [2.45, 2.75) is 38.5 Å². The molecule has 0 saturated carbocycles. The maximum absolute atomic E-state index is 3.28. The van der Waals surface area contributed by atoms with E-state index in [9.17, 15) is 0 Å². The summed E-state index contributed by atoms with van der Waals surface area (Å²) in [5.74, 6) is 0. The second-order valence-electron chi connectivity index (χ2n) is 3.46. The van der Waals surface area contributed by atoms with E-state index in [2.05, 4.69) is 48.6 Å². The average Bonchev–Trinajstić information content (AvgIpc) is 2.22. The molecule has 0 fully saturated rings. The highest BCUT2D eigenvalue weighted by atomic mass is 13.9. The van der Waals surface area contributed by atoms with E-state index >= 15 is 0 Å². The third-order valence-corrected chi connectivity index (χ3v) is 2.17. The van der Waals surface area contributed by atoms with Crippen LogP contribution in [0.25, 0.3) is 0 Å². The summed E-state index contributed by atoms with van der Waals surface area (Å²) in [6.07, 6.45) is 25.5.